The van der Waals surface area contributed by atoms with Gasteiger partial charge in [-0.3, -0.25) is 0 Å². The molecule has 116 valence electrons. The van der Waals surface area contributed by atoms with E-state index in [9.17, 15) is 9.90 Å². The number of carboxylic acid groups (broad SMARTS) is 1. The number of hydrogen-bond acceptors (Lipinski definition) is 5. The van der Waals surface area contributed by atoms with Crippen molar-refractivity contribution in [1.29, 1.82) is 0 Å². The number of aromatic carboxylic acids is 1. The molecule has 0 heterocycles. The molecule has 0 aliphatic rings. The monoisotopic (exact) mass is 330 g/mol. The molecule has 0 fully saturated rings. The number of carbonyl (C=O) groups is 1. The molecule has 1 N–H and O–H groups in total. The summed E-state index contributed by atoms with van der Waals surface area (Å²) in [6, 6.07) is 1.40. The minimum Gasteiger partial charge on any atom is -0.545 e. The van der Waals surface area contributed by atoms with E-state index >= 15 is 0 Å². The average Bonchev–Trinajstić information content (AvgIpc) is 2.42. The fourth-order valence-corrected chi connectivity index (χ4v) is 2.47. The molecule has 1 aromatic carbocycles. The molecule has 0 saturated heterocycles. The molecule has 0 bridgehead atoms. The van der Waals surface area contributed by atoms with Gasteiger partial charge in [0.2, 0.25) is 0 Å². The van der Waals surface area contributed by atoms with Gasteiger partial charge in [0.25, 0.3) is 5.17 Å². The van der Waals surface area contributed by atoms with Crippen LogP contribution in [0.15, 0.2) is 6.07 Å². The zero-order valence-corrected chi connectivity index (χ0v) is 13.7. The summed E-state index contributed by atoms with van der Waals surface area (Å²) in [6.45, 7) is 4.45. The van der Waals surface area contributed by atoms with E-state index < -0.39 is 5.97 Å². The zero-order chi connectivity index (χ0) is 16.0. The van der Waals surface area contributed by atoms with Gasteiger partial charge in [0, 0.05) is 18.4 Å². The summed E-state index contributed by atoms with van der Waals surface area (Å²) >= 11 is 11.1. The first-order valence-corrected chi connectivity index (χ1v) is 7.17. The van der Waals surface area contributed by atoms with E-state index in [1.54, 1.807) is 7.11 Å². The van der Waals surface area contributed by atoms with Gasteiger partial charge in [0.05, 0.1) is 17.6 Å². The molecule has 0 amide bonds. The molecule has 0 radical (unpaired) electrons. The van der Waals surface area contributed by atoms with Crippen LogP contribution < -0.4 is 10.4 Å². The van der Waals surface area contributed by atoms with E-state index in [0.717, 1.165) is 11.1 Å². The molecule has 0 atom stereocenters. The van der Waals surface area contributed by atoms with Crippen LogP contribution in [0.4, 0.5) is 5.69 Å². The second kappa shape index (κ2) is 8.17. The fraction of sp³-hybridized carbons (Fsp3) is 0.429. The van der Waals surface area contributed by atoms with Gasteiger partial charge in [-0.15, -0.1) is 0 Å². The standard InChI is InChI=1S/C14H18ClNO4S/c1-4-9-8(2)11(7-10(12(9)15)13(17)18)16-14(21)20-6-5-19-3/h7H,4-6H2,1-3H3,(H,16,21)(H,17,18)/p-1. The van der Waals surface area contributed by atoms with E-state index in [-0.39, 0.29) is 15.8 Å². The molecular formula is C14H17ClNO4S-. The molecule has 0 spiro atoms. The minimum atomic E-state index is -1.33. The first kappa shape index (κ1) is 17.7. The average molecular weight is 331 g/mol. The number of ether oxygens (including phenoxy) is 2. The van der Waals surface area contributed by atoms with Crippen LogP contribution in [0, 0.1) is 6.92 Å². The number of halogens is 1. The first-order valence-electron chi connectivity index (χ1n) is 6.38. The highest BCUT2D eigenvalue weighted by Gasteiger charge is 2.14. The van der Waals surface area contributed by atoms with Crippen molar-refractivity contribution in [3.05, 3.63) is 27.8 Å². The Bertz CT molecular complexity index is 548. The van der Waals surface area contributed by atoms with Crippen molar-refractivity contribution in [3.63, 3.8) is 0 Å². The van der Waals surface area contributed by atoms with Crippen LogP contribution in [-0.4, -0.2) is 31.5 Å². The molecule has 5 nitrogen and oxygen atoms in total. The maximum atomic E-state index is 11.1. The molecule has 0 saturated carbocycles. The Morgan fingerprint density at radius 1 is 1.48 bits per heavy atom. The summed E-state index contributed by atoms with van der Waals surface area (Å²) < 4.78 is 10.1. The summed E-state index contributed by atoms with van der Waals surface area (Å²) in [6.07, 6.45) is 0.595. The predicted molar refractivity (Wildman–Crippen MR) is 83.9 cm³/mol. The Balaban J connectivity index is 3.04. The summed E-state index contributed by atoms with van der Waals surface area (Å²) in [5, 5.41) is 14.4. The van der Waals surface area contributed by atoms with Gasteiger partial charge in [-0.2, -0.15) is 0 Å². The Labute approximate surface area is 134 Å². The van der Waals surface area contributed by atoms with Crippen molar-refractivity contribution in [3.8, 4) is 0 Å². The number of hydrogen-bond donors (Lipinski definition) is 1. The largest absolute Gasteiger partial charge is 0.545 e. The molecule has 1 rings (SSSR count). The zero-order valence-electron chi connectivity index (χ0n) is 12.1. The number of anilines is 1. The molecule has 0 unspecified atom stereocenters. The summed E-state index contributed by atoms with van der Waals surface area (Å²) in [7, 11) is 1.56. The van der Waals surface area contributed by atoms with Gasteiger partial charge in [-0.25, -0.2) is 0 Å². The van der Waals surface area contributed by atoms with Crippen LogP contribution in [0.1, 0.15) is 28.4 Å². The second-order valence-corrected chi connectivity index (χ2v) is 5.03. The van der Waals surface area contributed by atoms with Gasteiger partial charge in [-0.1, -0.05) is 18.5 Å². The van der Waals surface area contributed by atoms with Crippen molar-refractivity contribution >= 4 is 40.7 Å². The number of methoxy groups -OCH3 is 1. The lowest BCUT2D eigenvalue weighted by Crippen LogP contribution is -2.24. The van der Waals surface area contributed by atoms with Crippen molar-refractivity contribution < 1.29 is 19.4 Å². The van der Waals surface area contributed by atoms with E-state index in [1.807, 2.05) is 13.8 Å². The van der Waals surface area contributed by atoms with Crippen LogP contribution >= 0.6 is 23.8 Å². The van der Waals surface area contributed by atoms with E-state index in [1.165, 1.54) is 6.07 Å². The maximum absolute atomic E-state index is 11.1. The third kappa shape index (κ3) is 4.56. The molecule has 7 heteroatoms. The normalized spacial score (nSPS) is 10.3. The minimum absolute atomic E-state index is 0.0682. The summed E-state index contributed by atoms with van der Waals surface area (Å²) in [4.78, 5) is 11.1. The Kier molecular flexibility index (Phi) is 6.87. The number of rotatable bonds is 6. The molecular weight excluding hydrogens is 314 g/mol. The quantitative estimate of drug-likeness (QED) is 0.635. The number of carbonyl (C=O) groups excluding carboxylic acids is 1. The number of carboxylic acids is 1. The van der Waals surface area contributed by atoms with Crippen molar-refractivity contribution in [2.24, 2.45) is 0 Å². The molecule has 0 aliphatic carbocycles. The van der Waals surface area contributed by atoms with E-state index in [4.69, 9.17) is 33.3 Å². The molecule has 21 heavy (non-hydrogen) atoms. The van der Waals surface area contributed by atoms with Crippen LogP contribution in [0.2, 0.25) is 5.02 Å². The van der Waals surface area contributed by atoms with E-state index in [0.29, 0.717) is 25.3 Å². The second-order valence-electron chi connectivity index (χ2n) is 4.28. The van der Waals surface area contributed by atoms with Crippen LogP contribution in [0.5, 0.6) is 0 Å². The van der Waals surface area contributed by atoms with Crippen molar-refractivity contribution in [1.82, 2.24) is 0 Å². The lowest BCUT2D eigenvalue weighted by Gasteiger charge is -2.18. The van der Waals surface area contributed by atoms with E-state index in [2.05, 4.69) is 5.32 Å². The first-order chi connectivity index (χ1) is 9.92. The van der Waals surface area contributed by atoms with Crippen LogP contribution in [-0.2, 0) is 15.9 Å². The van der Waals surface area contributed by atoms with Gasteiger partial charge >= 0.3 is 0 Å². The van der Waals surface area contributed by atoms with Crippen LogP contribution in [0.25, 0.3) is 0 Å². The highest BCUT2D eigenvalue weighted by molar-refractivity contribution is 7.80. The Morgan fingerprint density at radius 3 is 2.67 bits per heavy atom. The highest BCUT2D eigenvalue weighted by atomic mass is 35.5. The topological polar surface area (TPSA) is 70.6 Å². The number of benzene rings is 1. The number of thiocarbonyl (C=S) groups is 1. The summed E-state index contributed by atoms with van der Waals surface area (Å²) in [5.41, 5.74) is 2.03. The Hall–Kier alpha value is -1.37. The van der Waals surface area contributed by atoms with Crippen molar-refractivity contribution in [2.45, 2.75) is 20.3 Å². The smallest absolute Gasteiger partial charge is 0.261 e. The maximum Gasteiger partial charge on any atom is 0.261 e. The van der Waals surface area contributed by atoms with Crippen molar-refractivity contribution in [2.75, 3.05) is 25.6 Å². The lowest BCUT2D eigenvalue weighted by molar-refractivity contribution is -0.255. The third-order valence-corrected chi connectivity index (χ3v) is 3.63. The van der Waals surface area contributed by atoms with Gasteiger partial charge in [0.1, 0.15) is 6.61 Å². The fourth-order valence-electron chi connectivity index (χ4n) is 1.87. The Morgan fingerprint density at radius 2 is 2.14 bits per heavy atom. The van der Waals surface area contributed by atoms with Crippen LogP contribution in [0.3, 0.4) is 0 Å². The highest BCUT2D eigenvalue weighted by Crippen LogP contribution is 2.31. The third-order valence-electron chi connectivity index (χ3n) is 2.98. The van der Waals surface area contributed by atoms with Gasteiger partial charge in [-0.05, 0) is 42.8 Å². The van der Waals surface area contributed by atoms with Gasteiger partial charge < -0.3 is 24.7 Å². The SMILES string of the molecule is CCc1c(C)c(NC(=S)OCCOC)cc(C(=O)[O-])c1Cl. The summed E-state index contributed by atoms with van der Waals surface area (Å²) in [5.74, 6) is -1.33. The lowest BCUT2D eigenvalue weighted by atomic mass is 10.0. The predicted octanol–water partition coefficient (Wildman–Crippen LogP) is 1.93. The van der Waals surface area contributed by atoms with Gasteiger partial charge in [0.15, 0.2) is 0 Å². The molecule has 1 aromatic rings. The molecule has 0 aromatic heterocycles. The number of nitrogens with one attached hydrogen (secondary N) is 1. The molecule has 0 aliphatic heterocycles.